The zero-order valence-corrected chi connectivity index (χ0v) is 14.1. The molecular formula is C15H18N2O2S2. The number of rotatable bonds is 3. The smallest absolute Gasteiger partial charge is 0.316 e. The van der Waals surface area contributed by atoms with Gasteiger partial charge in [0.25, 0.3) is 0 Å². The third-order valence-electron chi connectivity index (χ3n) is 3.21. The molecule has 112 valence electrons. The van der Waals surface area contributed by atoms with Crippen LogP contribution in [0, 0.1) is 0 Å². The Balaban J connectivity index is 1.80. The largest absolute Gasteiger partial charge is 0.459 e. The highest BCUT2D eigenvalue weighted by molar-refractivity contribution is 8.00. The summed E-state index contributed by atoms with van der Waals surface area (Å²) in [5, 5.41) is 2.06. The number of esters is 1. The predicted octanol–water partition coefficient (Wildman–Crippen LogP) is 3.61. The quantitative estimate of drug-likeness (QED) is 0.491. The molecule has 1 aliphatic carbocycles. The molecule has 0 saturated carbocycles. The maximum Gasteiger partial charge on any atom is 0.316 e. The van der Waals surface area contributed by atoms with E-state index in [0.717, 1.165) is 28.1 Å². The van der Waals surface area contributed by atoms with E-state index in [9.17, 15) is 4.79 Å². The highest BCUT2D eigenvalue weighted by Crippen LogP contribution is 2.39. The number of hydrogen-bond acceptors (Lipinski definition) is 6. The van der Waals surface area contributed by atoms with E-state index in [1.54, 1.807) is 17.7 Å². The van der Waals surface area contributed by atoms with Gasteiger partial charge >= 0.3 is 5.97 Å². The third-order valence-corrected chi connectivity index (χ3v) is 5.38. The van der Waals surface area contributed by atoms with E-state index in [0.29, 0.717) is 0 Å². The van der Waals surface area contributed by atoms with Crippen LogP contribution in [0.4, 0.5) is 0 Å². The second-order valence-corrected chi connectivity index (χ2v) is 8.14. The van der Waals surface area contributed by atoms with Crippen LogP contribution in [0.1, 0.15) is 37.6 Å². The van der Waals surface area contributed by atoms with E-state index in [1.807, 2.05) is 20.8 Å². The lowest BCUT2D eigenvalue weighted by atomic mass is 10.2. The Bertz CT molecular complexity index is 689. The van der Waals surface area contributed by atoms with Crippen molar-refractivity contribution in [2.75, 3.05) is 5.75 Å². The Morgan fingerprint density at radius 3 is 2.95 bits per heavy atom. The summed E-state index contributed by atoms with van der Waals surface area (Å²) in [6.45, 7) is 5.64. The van der Waals surface area contributed by atoms with Gasteiger partial charge in [-0.3, -0.25) is 4.79 Å². The van der Waals surface area contributed by atoms with Gasteiger partial charge in [-0.15, -0.1) is 11.3 Å². The molecule has 1 aliphatic rings. The minimum Gasteiger partial charge on any atom is -0.459 e. The zero-order valence-electron chi connectivity index (χ0n) is 12.4. The molecule has 0 fully saturated rings. The number of ether oxygens (including phenoxy) is 1. The minimum atomic E-state index is -0.442. The molecule has 2 aromatic rings. The molecule has 6 heteroatoms. The fourth-order valence-corrected chi connectivity index (χ4v) is 4.60. The first-order valence-corrected chi connectivity index (χ1v) is 8.84. The first-order chi connectivity index (χ1) is 9.94. The number of thioether (sulfide) groups is 1. The van der Waals surface area contributed by atoms with E-state index >= 15 is 0 Å². The molecule has 0 unspecified atom stereocenters. The normalized spacial score (nSPS) is 14.4. The second-order valence-electron chi connectivity index (χ2n) is 6.09. The lowest BCUT2D eigenvalue weighted by Gasteiger charge is -2.19. The van der Waals surface area contributed by atoms with Crippen molar-refractivity contribution >= 4 is 39.3 Å². The topological polar surface area (TPSA) is 52.1 Å². The number of carbonyl (C=O) groups excluding carboxylic acids is 1. The van der Waals surface area contributed by atoms with Crippen molar-refractivity contribution in [3.8, 4) is 0 Å². The average Bonchev–Trinajstić information content (AvgIpc) is 2.94. The highest BCUT2D eigenvalue weighted by Gasteiger charge is 2.22. The van der Waals surface area contributed by atoms with Crippen molar-refractivity contribution in [1.82, 2.24) is 9.97 Å². The molecule has 0 spiro atoms. The van der Waals surface area contributed by atoms with Crippen LogP contribution in [-0.4, -0.2) is 27.3 Å². The first-order valence-electron chi connectivity index (χ1n) is 7.04. The molecule has 4 nitrogen and oxygen atoms in total. The summed E-state index contributed by atoms with van der Waals surface area (Å²) in [7, 11) is 0. The van der Waals surface area contributed by atoms with Gasteiger partial charge in [0.15, 0.2) is 0 Å². The number of aryl methyl sites for hydroxylation is 2. The van der Waals surface area contributed by atoms with Gasteiger partial charge in [0.2, 0.25) is 0 Å². The maximum absolute atomic E-state index is 11.9. The highest BCUT2D eigenvalue weighted by atomic mass is 32.2. The van der Waals surface area contributed by atoms with E-state index < -0.39 is 5.60 Å². The van der Waals surface area contributed by atoms with Gasteiger partial charge in [0, 0.05) is 10.3 Å². The summed E-state index contributed by atoms with van der Waals surface area (Å²) in [5.74, 6) is 0.0831. The molecule has 21 heavy (non-hydrogen) atoms. The van der Waals surface area contributed by atoms with Crippen LogP contribution in [0.2, 0.25) is 0 Å². The van der Waals surface area contributed by atoms with Crippen LogP contribution < -0.4 is 0 Å². The monoisotopic (exact) mass is 322 g/mol. The molecular weight excluding hydrogens is 304 g/mol. The van der Waals surface area contributed by atoms with Crippen molar-refractivity contribution in [3.63, 3.8) is 0 Å². The fraction of sp³-hybridized carbons (Fsp3) is 0.533. The molecule has 3 rings (SSSR count). The maximum atomic E-state index is 11.9. The van der Waals surface area contributed by atoms with Gasteiger partial charge in [-0.05, 0) is 45.6 Å². The van der Waals surface area contributed by atoms with E-state index in [1.165, 1.54) is 28.6 Å². The van der Waals surface area contributed by atoms with Gasteiger partial charge in [-0.2, -0.15) is 0 Å². The SMILES string of the molecule is CC(C)(C)OC(=O)CSc1ncnc2sc3c(c12)CCC3. The third kappa shape index (κ3) is 3.21. The minimum absolute atomic E-state index is 0.203. The molecule has 0 saturated heterocycles. The van der Waals surface area contributed by atoms with Crippen molar-refractivity contribution in [2.24, 2.45) is 0 Å². The summed E-state index contributed by atoms with van der Waals surface area (Å²) >= 11 is 3.21. The standard InChI is InChI=1S/C15H18N2O2S2/c1-15(2,3)19-11(18)7-20-13-12-9-5-4-6-10(9)21-14(12)17-8-16-13/h8H,4-7H2,1-3H3. The van der Waals surface area contributed by atoms with Crippen LogP contribution in [0.15, 0.2) is 11.4 Å². The zero-order chi connectivity index (χ0) is 15.0. The van der Waals surface area contributed by atoms with E-state index in [2.05, 4.69) is 9.97 Å². The van der Waals surface area contributed by atoms with Gasteiger partial charge in [0.05, 0.1) is 5.75 Å². The molecule has 0 aromatic carbocycles. The van der Waals surface area contributed by atoms with Crippen LogP contribution in [0.25, 0.3) is 10.2 Å². The van der Waals surface area contributed by atoms with Gasteiger partial charge in [0.1, 0.15) is 21.8 Å². The van der Waals surface area contributed by atoms with Crippen molar-refractivity contribution < 1.29 is 9.53 Å². The Morgan fingerprint density at radius 1 is 1.38 bits per heavy atom. The number of carbonyl (C=O) groups is 1. The van der Waals surface area contributed by atoms with Crippen molar-refractivity contribution in [1.29, 1.82) is 0 Å². The van der Waals surface area contributed by atoms with Crippen molar-refractivity contribution in [3.05, 3.63) is 16.8 Å². The molecule has 0 radical (unpaired) electrons. The van der Waals surface area contributed by atoms with Crippen LogP contribution >= 0.6 is 23.1 Å². The lowest BCUT2D eigenvalue weighted by Crippen LogP contribution is -2.24. The summed E-state index contributed by atoms with van der Waals surface area (Å²) < 4.78 is 5.35. The average molecular weight is 322 g/mol. The number of thiophene rings is 1. The number of aromatic nitrogens is 2. The Morgan fingerprint density at radius 2 is 2.19 bits per heavy atom. The number of hydrogen-bond donors (Lipinski definition) is 0. The first kappa shape index (κ1) is 14.8. The van der Waals surface area contributed by atoms with E-state index in [-0.39, 0.29) is 11.7 Å². The Hall–Kier alpha value is -1.14. The molecule has 0 amide bonds. The van der Waals surface area contributed by atoms with Crippen LogP contribution in [0.3, 0.4) is 0 Å². The van der Waals surface area contributed by atoms with Gasteiger partial charge in [-0.1, -0.05) is 11.8 Å². The molecule has 2 aromatic heterocycles. The Labute approximate surface area is 132 Å². The summed E-state index contributed by atoms with van der Waals surface area (Å²) in [6.07, 6.45) is 5.04. The van der Waals surface area contributed by atoms with Crippen LogP contribution in [-0.2, 0) is 22.4 Å². The molecule has 0 N–H and O–H groups in total. The molecule has 2 heterocycles. The second kappa shape index (κ2) is 5.57. The summed E-state index contributed by atoms with van der Waals surface area (Å²) in [5.41, 5.74) is 0.949. The molecule has 0 aliphatic heterocycles. The van der Waals surface area contributed by atoms with Gasteiger partial charge < -0.3 is 4.74 Å². The molecule has 0 atom stereocenters. The lowest BCUT2D eigenvalue weighted by molar-refractivity contribution is -0.151. The van der Waals surface area contributed by atoms with E-state index in [4.69, 9.17) is 4.74 Å². The summed E-state index contributed by atoms with van der Waals surface area (Å²) in [4.78, 5) is 23.1. The number of nitrogens with zero attached hydrogens (tertiary/aromatic N) is 2. The Kier molecular flexibility index (Phi) is 3.92. The van der Waals surface area contributed by atoms with Crippen LogP contribution in [0.5, 0.6) is 0 Å². The van der Waals surface area contributed by atoms with Gasteiger partial charge in [-0.25, -0.2) is 9.97 Å². The fourth-order valence-electron chi connectivity index (χ4n) is 2.51. The summed E-state index contributed by atoms with van der Waals surface area (Å²) in [6, 6.07) is 0. The molecule has 0 bridgehead atoms. The number of fused-ring (bicyclic) bond motifs is 3. The van der Waals surface area contributed by atoms with Crippen molar-refractivity contribution in [2.45, 2.75) is 50.7 Å². The predicted molar refractivity (Wildman–Crippen MR) is 86.0 cm³/mol.